The maximum atomic E-state index is 12.4. The highest BCUT2D eigenvalue weighted by atomic mass is 32.2. The average Bonchev–Trinajstić information content (AvgIpc) is 3.18. The van der Waals surface area contributed by atoms with Crippen LogP contribution in [0.25, 0.3) is 5.69 Å². The third-order valence-corrected chi connectivity index (χ3v) is 4.43. The van der Waals surface area contributed by atoms with Crippen molar-refractivity contribution in [2.75, 3.05) is 5.75 Å². The monoisotopic (exact) mass is 304 g/mol. The highest BCUT2D eigenvalue weighted by molar-refractivity contribution is 7.91. The number of aryl methyl sites for hydroxylation is 1. The van der Waals surface area contributed by atoms with Gasteiger partial charge < -0.3 is 4.98 Å². The van der Waals surface area contributed by atoms with Crippen LogP contribution < -0.4 is 0 Å². The Kier molecular flexibility index (Phi) is 3.48. The molecule has 0 bridgehead atoms. The van der Waals surface area contributed by atoms with Gasteiger partial charge in [0, 0.05) is 18.8 Å². The molecule has 8 nitrogen and oxygen atoms in total. The van der Waals surface area contributed by atoms with Crippen molar-refractivity contribution in [2.45, 2.75) is 11.6 Å². The first kappa shape index (κ1) is 13.4. The van der Waals surface area contributed by atoms with Gasteiger partial charge in [-0.1, -0.05) is 23.3 Å². The summed E-state index contributed by atoms with van der Waals surface area (Å²) >= 11 is 0. The molecule has 108 valence electrons. The molecule has 0 spiro atoms. The third-order valence-electron chi connectivity index (χ3n) is 2.88. The quantitative estimate of drug-likeness (QED) is 0.731. The summed E-state index contributed by atoms with van der Waals surface area (Å²) < 4.78 is 26.0. The number of tetrazole rings is 1. The Balaban J connectivity index is 1.88. The number of imidazole rings is 1. The smallest absolute Gasteiger partial charge is 0.272 e. The summed E-state index contributed by atoms with van der Waals surface area (Å²) in [5, 5.41) is 10.7. The number of aromatic nitrogens is 6. The van der Waals surface area contributed by atoms with Crippen LogP contribution in [0.5, 0.6) is 0 Å². The van der Waals surface area contributed by atoms with Crippen molar-refractivity contribution in [2.24, 2.45) is 0 Å². The summed E-state index contributed by atoms with van der Waals surface area (Å²) in [5.41, 5.74) is 0.596. The van der Waals surface area contributed by atoms with E-state index in [1.54, 1.807) is 36.7 Å². The lowest BCUT2D eigenvalue weighted by atomic mass is 10.3. The zero-order valence-corrected chi connectivity index (χ0v) is 11.7. The SMILES string of the molecule is O=S(=O)(CCc1ncc[nH]1)c1nnnn1-c1ccccc1. The average molecular weight is 304 g/mol. The predicted octanol–water partition coefficient (Wildman–Crippen LogP) is 0.402. The highest BCUT2D eigenvalue weighted by Gasteiger charge is 2.24. The van der Waals surface area contributed by atoms with Gasteiger partial charge in [-0.3, -0.25) is 0 Å². The van der Waals surface area contributed by atoms with Gasteiger partial charge >= 0.3 is 0 Å². The standard InChI is InChI=1S/C12H12N6O2S/c19-21(20,9-6-11-13-7-8-14-11)12-15-16-17-18(12)10-4-2-1-3-5-10/h1-5,7-8H,6,9H2,(H,13,14). The number of H-pyrrole nitrogens is 1. The number of hydrogen-bond donors (Lipinski definition) is 1. The van der Waals surface area contributed by atoms with Crippen LogP contribution in [0, 0.1) is 0 Å². The molecule has 0 radical (unpaired) electrons. The van der Waals surface area contributed by atoms with Crippen molar-refractivity contribution in [3.63, 3.8) is 0 Å². The number of sulfone groups is 1. The lowest BCUT2D eigenvalue weighted by molar-refractivity contribution is 0.579. The Morgan fingerprint density at radius 3 is 2.71 bits per heavy atom. The van der Waals surface area contributed by atoms with Gasteiger partial charge in [0.15, 0.2) is 0 Å². The van der Waals surface area contributed by atoms with Gasteiger partial charge in [-0.05, 0) is 22.6 Å². The molecule has 0 saturated heterocycles. The molecule has 0 saturated carbocycles. The molecule has 21 heavy (non-hydrogen) atoms. The minimum atomic E-state index is -3.60. The van der Waals surface area contributed by atoms with E-state index in [0.717, 1.165) is 0 Å². The van der Waals surface area contributed by atoms with Crippen LogP contribution in [0.4, 0.5) is 0 Å². The molecule has 0 aliphatic heterocycles. The third kappa shape index (κ3) is 2.82. The number of nitrogens with one attached hydrogen (secondary N) is 1. The molecular weight excluding hydrogens is 292 g/mol. The Morgan fingerprint density at radius 2 is 2.00 bits per heavy atom. The molecule has 0 amide bonds. The first-order valence-corrected chi connectivity index (χ1v) is 7.87. The zero-order chi connectivity index (χ0) is 14.7. The van der Waals surface area contributed by atoms with Crippen molar-refractivity contribution >= 4 is 9.84 Å². The summed E-state index contributed by atoms with van der Waals surface area (Å²) in [5.74, 6) is 0.491. The number of hydrogen-bond acceptors (Lipinski definition) is 6. The van der Waals surface area contributed by atoms with Crippen molar-refractivity contribution < 1.29 is 8.42 Å². The van der Waals surface area contributed by atoms with Crippen LogP contribution >= 0.6 is 0 Å². The maximum Gasteiger partial charge on any atom is 0.272 e. The number of rotatable bonds is 5. The first-order valence-electron chi connectivity index (χ1n) is 6.22. The normalized spacial score (nSPS) is 11.6. The maximum absolute atomic E-state index is 12.4. The molecule has 3 rings (SSSR count). The molecule has 3 aromatic rings. The lowest BCUT2D eigenvalue weighted by Crippen LogP contribution is -2.16. The second-order valence-corrected chi connectivity index (χ2v) is 6.32. The van der Waals surface area contributed by atoms with E-state index in [2.05, 4.69) is 25.5 Å². The number of aromatic amines is 1. The van der Waals surface area contributed by atoms with E-state index in [1.807, 2.05) is 6.07 Å². The van der Waals surface area contributed by atoms with Gasteiger partial charge in [0.2, 0.25) is 9.84 Å². The molecule has 2 aromatic heterocycles. The fourth-order valence-corrected chi connectivity index (χ4v) is 3.07. The first-order chi connectivity index (χ1) is 10.2. The van der Waals surface area contributed by atoms with Crippen LogP contribution in [-0.2, 0) is 16.3 Å². The lowest BCUT2D eigenvalue weighted by Gasteiger charge is -2.04. The molecule has 0 unspecified atom stereocenters. The van der Waals surface area contributed by atoms with Gasteiger partial charge in [-0.25, -0.2) is 13.4 Å². The largest absolute Gasteiger partial charge is 0.349 e. The number of nitrogens with zero attached hydrogens (tertiary/aromatic N) is 5. The number of benzene rings is 1. The van der Waals surface area contributed by atoms with E-state index in [0.29, 0.717) is 11.5 Å². The molecule has 0 atom stereocenters. The van der Waals surface area contributed by atoms with Gasteiger partial charge in [0.05, 0.1) is 11.4 Å². The Bertz CT molecular complexity index is 811. The Morgan fingerprint density at radius 1 is 1.19 bits per heavy atom. The van der Waals surface area contributed by atoms with Crippen LogP contribution in [0.15, 0.2) is 47.9 Å². The second-order valence-electron chi connectivity index (χ2n) is 4.31. The zero-order valence-electron chi connectivity index (χ0n) is 10.9. The summed E-state index contributed by atoms with van der Waals surface area (Å²) in [6.07, 6.45) is 3.50. The van der Waals surface area contributed by atoms with Crippen molar-refractivity contribution in [1.82, 2.24) is 30.2 Å². The van der Waals surface area contributed by atoms with Crippen molar-refractivity contribution in [3.05, 3.63) is 48.5 Å². The molecule has 9 heteroatoms. The van der Waals surface area contributed by atoms with Crippen LogP contribution in [0.1, 0.15) is 5.82 Å². The minimum Gasteiger partial charge on any atom is -0.349 e. The van der Waals surface area contributed by atoms with Crippen LogP contribution in [0.3, 0.4) is 0 Å². The summed E-state index contributed by atoms with van der Waals surface area (Å²) in [6, 6.07) is 8.88. The molecule has 0 aliphatic carbocycles. The summed E-state index contributed by atoms with van der Waals surface area (Å²) in [4.78, 5) is 6.87. The van der Waals surface area contributed by atoms with E-state index in [4.69, 9.17) is 0 Å². The second kappa shape index (κ2) is 5.44. The molecule has 1 N–H and O–H groups in total. The molecule has 0 fully saturated rings. The molecule has 1 aromatic carbocycles. The van der Waals surface area contributed by atoms with E-state index < -0.39 is 9.84 Å². The molecule has 2 heterocycles. The van der Waals surface area contributed by atoms with Crippen molar-refractivity contribution in [3.8, 4) is 5.69 Å². The van der Waals surface area contributed by atoms with Crippen molar-refractivity contribution in [1.29, 1.82) is 0 Å². The Hall–Kier alpha value is -2.55. The van der Waals surface area contributed by atoms with Gasteiger partial charge in [0.25, 0.3) is 5.16 Å². The predicted molar refractivity (Wildman–Crippen MR) is 73.5 cm³/mol. The highest BCUT2D eigenvalue weighted by Crippen LogP contribution is 2.13. The van der Waals surface area contributed by atoms with E-state index in [9.17, 15) is 8.42 Å². The van der Waals surface area contributed by atoms with E-state index >= 15 is 0 Å². The van der Waals surface area contributed by atoms with Crippen LogP contribution in [-0.4, -0.2) is 44.3 Å². The molecule has 0 aliphatic rings. The minimum absolute atomic E-state index is 0.117. The summed E-state index contributed by atoms with van der Waals surface area (Å²) in [6.45, 7) is 0. The fourth-order valence-electron chi connectivity index (χ4n) is 1.86. The topological polar surface area (TPSA) is 106 Å². The van der Waals surface area contributed by atoms with Crippen LogP contribution in [0.2, 0.25) is 0 Å². The van der Waals surface area contributed by atoms with E-state index in [-0.39, 0.29) is 17.3 Å². The fraction of sp³-hybridized carbons (Fsp3) is 0.167. The van der Waals surface area contributed by atoms with Gasteiger partial charge in [-0.2, -0.15) is 4.68 Å². The van der Waals surface area contributed by atoms with E-state index in [1.165, 1.54) is 4.68 Å². The molecular formula is C12H12N6O2S. The van der Waals surface area contributed by atoms with Gasteiger partial charge in [0.1, 0.15) is 5.82 Å². The summed E-state index contributed by atoms with van der Waals surface area (Å²) in [7, 11) is -3.60. The Labute approximate surface area is 120 Å². The van der Waals surface area contributed by atoms with Gasteiger partial charge in [-0.15, -0.1) is 0 Å². The number of para-hydroxylation sites is 1.